The summed E-state index contributed by atoms with van der Waals surface area (Å²) in [6.07, 6.45) is 3.21. The summed E-state index contributed by atoms with van der Waals surface area (Å²) in [7, 11) is 1.74. The number of carbonyl (C=O) groups is 1. The van der Waals surface area contributed by atoms with E-state index in [4.69, 9.17) is 16.0 Å². The van der Waals surface area contributed by atoms with Gasteiger partial charge in [-0.1, -0.05) is 27.5 Å². The van der Waals surface area contributed by atoms with E-state index in [0.717, 1.165) is 10.0 Å². The van der Waals surface area contributed by atoms with Gasteiger partial charge in [0.25, 0.3) is 5.91 Å². The molecule has 2 aromatic rings. The van der Waals surface area contributed by atoms with Crippen molar-refractivity contribution >= 4 is 33.4 Å². The first-order valence-electron chi connectivity index (χ1n) is 5.29. The van der Waals surface area contributed by atoms with Gasteiger partial charge in [-0.2, -0.15) is 0 Å². The van der Waals surface area contributed by atoms with Crippen molar-refractivity contribution < 1.29 is 9.21 Å². The second kappa shape index (κ2) is 5.59. The van der Waals surface area contributed by atoms with E-state index in [1.54, 1.807) is 42.7 Å². The van der Waals surface area contributed by atoms with Gasteiger partial charge in [0.1, 0.15) is 0 Å². The average Bonchev–Trinajstić information content (AvgIpc) is 2.79. The van der Waals surface area contributed by atoms with E-state index < -0.39 is 0 Å². The van der Waals surface area contributed by atoms with Crippen molar-refractivity contribution in [3.63, 3.8) is 0 Å². The maximum atomic E-state index is 12.2. The molecule has 0 aliphatic heterocycles. The SMILES string of the molecule is CN(Cc1ccoc1)C(=O)c1cc(Cl)cc(Br)c1. The highest BCUT2D eigenvalue weighted by Crippen LogP contribution is 2.20. The quantitative estimate of drug-likeness (QED) is 0.854. The fourth-order valence-corrected chi connectivity index (χ4v) is 2.49. The number of hydrogen-bond donors (Lipinski definition) is 0. The Labute approximate surface area is 118 Å². The summed E-state index contributed by atoms with van der Waals surface area (Å²) in [6.45, 7) is 0.499. The van der Waals surface area contributed by atoms with E-state index in [1.807, 2.05) is 6.07 Å². The average molecular weight is 329 g/mol. The van der Waals surface area contributed by atoms with Crippen molar-refractivity contribution in [2.24, 2.45) is 0 Å². The highest BCUT2D eigenvalue weighted by Gasteiger charge is 2.13. The van der Waals surface area contributed by atoms with Crippen molar-refractivity contribution in [1.29, 1.82) is 0 Å². The van der Waals surface area contributed by atoms with Crippen LogP contribution in [0.1, 0.15) is 15.9 Å². The van der Waals surface area contributed by atoms with Gasteiger partial charge in [-0.15, -0.1) is 0 Å². The van der Waals surface area contributed by atoms with Gasteiger partial charge in [0.2, 0.25) is 0 Å². The Hall–Kier alpha value is -1.26. The number of rotatable bonds is 3. The molecule has 0 aliphatic carbocycles. The van der Waals surface area contributed by atoms with Crippen LogP contribution < -0.4 is 0 Å². The molecule has 0 saturated carbocycles. The van der Waals surface area contributed by atoms with Gasteiger partial charge in [0.15, 0.2) is 0 Å². The summed E-state index contributed by atoms with van der Waals surface area (Å²) < 4.78 is 5.76. The van der Waals surface area contributed by atoms with Crippen LogP contribution in [0.4, 0.5) is 0 Å². The minimum Gasteiger partial charge on any atom is -0.472 e. The number of halogens is 2. The number of hydrogen-bond acceptors (Lipinski definition) is 2. The molecule has 0 fully saturated rings. The van der Waals surface area contributed by atoms with Crippen LogP contribution in [0.5, 0.6) is 0 Å². The molecule has 1 aromatic carbocycles. The minimum atomic E-state index is -0.0839. The lowest BCUT2D eigenvalue weighted by Crippen LogP contribution is -2.25. The summed E-state index contributed by atoms with van der Waals surface area (Å²) in [5.74, 6) is -0.0839. The van der Waals surface area contributed by atoms with Crippen molar-refractivity contribution in [3.8, 4) is 0 Å². The Morgan fingerprint density at radius 3 is 2.83 bits per heavy atom. The van der Waals surface area contributed by atoms with Crippen LogP contribution in [0.25, 0.3) is 0 Å². The molecule has 0 unspecified atom stereocenters. The smallest absolute Gasteiger partial charge is 0.253 e. The molecule has 2 rings (SSSR count). The molecule has 0 radical (unpaired) electrons. The zero-order valence-corrected chi connectivity index (χ0v) is 12.0. The van der Waals surface area contributed by atoms with Crippen LogP contribution in [-0.4, -0.2) is 17.9 Å². The number of nitrogens with zero attached hydrogens (tertiary/aromatic N) is 1. The summed E-state index contributed by atoms with van der Waals surface area (Å²) in [6, 6.07) is 6.98. The van der Waals surface area contributed by atoms with E-state index in [0.29, 0.717) is 17.1 Å². The van der Waals surface area contributed by atoms with E-state index in [2.05, 4.69) is 15.9 Å². The highest BCUT2D eigenvalue weighted by molar-refractivity contribution is 9.10. The predicted molar refractivity (Wildman–Crippen MR) is 73.7 cm³/mol. The molecule has 0 spiro atoms. The molecular weight excluding hydrogens is 318 g/mol. The van der Waals surface area contributed by atoms with E-state index >= 15 is 0 Å². The third-order valence-corrected chi connectivity index (χ3v) is 3.13. The maximum Gasteiger partial charge on any atom is 0.253 e. The van der Waals surface area contributed by atoms with Gasteiger partial charge < -0.3 is 9.32 Å². The Bertz CT molecular complexity index is 534. The molecule has 1 heterocycles. The fourth-order valence-electron chi connectivity index (χ4n) is 1.63. The zero-order chi connectivity index (χ0) is 13.1. The van der Waals surface area contributed by atoms with E-state index in [1.165, 1.54) is 0 Å². The highest BCUT2D eigenvalue weighted by atomic mass is 79.9. The van der Waals surface area contributed by atoms with Crippen molar-refractivity contribution in [2.75, 3.05) is 7.05 Å². The Morgan fingerprint density at radius 2 is 2.22 bits per heavy atom. The monoisotopic (exact) mass is 327 g/mol. The van der Waals surface area contributed by atoms with E-state index in [9.17, 15) is 4.79 Å². The van der Waals surface area contributed by atoms with Crippen LogP contribution >= 0.6 is 27.5 Å². The maximum absolute atomic E-state index is 12.2. The Morgan fingerprint density at radius 1 is 1.44 bits per heavy atom. The molecule has 0 N–H and O–H groups in total. The summed E-state index contributed by atoms with van der Waals surface area (Å²) in [5, 5.41) is 0.532. The zero-order valence-electron chi connectivity index (χ0n) is 9.69. The number of carbonyl (C=O) groups excluding carboxylic acids is 1. The number of benzene rings is 1. The number of furan rings is 1. The summed E-state index contributed by atoms with van der Waals surface area (Å²) in [5.41, 5.74) is 1.51. The lowest BCUT2D eigenvalue weighted by Gasteiger charge is -2.16. The second-order valence-corrected chi connectivity index (χ2v) is 5.30. The first-order chi connectivity index (χ1) is 8.56. The van der Waals surface area contributed by atoms with E-state index in [-0.39, 0.29) is 5.91 Å². The van der Waals surface area contributed by atoms with Crippen LogP contribution in [0, 0.1) is 0 Å². The lowest BCUT2D eigenvalue weighted by molar-refractivity contribution is 0.0785. The molecule has 94 valence electrons. The largest absolute Gasteiger partial charge is 0.472 e. The third-order valence-electron chi connectivity index (χ3n) is 2.46. The van der Waals surface area contributed by atoms with Gasteiger partial charge in [-0.25, -0.2) is 0 Å². The predicted octanol–water partition coefficient (Wildman–Crippen LogP) is 3.97. The molecular formula is C13H11BrClNO2. The lowest BCUT2D eigenvalue weighted by atomic mass is 10.2. The normalized spacial score (nSPS) is 10.4. The Balaban J connectivity index is 2.15. The van der Waals surface area contributed by atoms with Gasteiger partial charge >= 0.3 is 0 Å². The summed E-state index contributed by atoms with van der Waals surface area (Å²) >= 11 is 9.25. The molecule has 18 heavy (non-hydrogen) atoms. The van der Waals surface area contributed by atoms with Crippen molar-refractivity contribution in [1.82, 2.24) is 4.90 Å². The van der Waals surface area contributed by atoms with Crippen LogP contribution in [0.15, 0.2) is 45.7 Å². The van der Waals surface area contributed by atoms with Crippen molar-refractivity contribution in [3.05, 3.63) is 57.4 Å². The molecule has 1 aromatic heterocycles. The first-order valence-corrected chi connectivity index (χ1v) is 6.46. The fraction of sp³-hybridized carbons (Fsp3) is 0.154. The second-order valence-electron chi connectivity index (χ2n) is 3.95. The molecule has 3 nitrogen and oxygen atoms in total. The van der Waals surface area contributed by atoms with Gasteiger partial charge in [-0.05, 0) is 24.3 Å². The molecule has 0 bridgehead atoms. The van der Waals surface area contributed by atoms with Crippen molar-refractivity contribution in [2.45, 2.75) is 6.54 Å². The van der Waals surface area contributed by atoms with Crippen LogP contribution in [0.3, 0.4) is 0 Å². The summed E-state index contributed by atoms with van der Waals surface area (Å²) in [4.78, 5) is 13.8. The standard InChI is InChI=1S/C13H11BrClNO2/c1-16(7-9-2-3-18-8-9)13(17)10-4-11(14)6-12(15)5-10/h2-6,8H,7H2,1H3. The minimum absolute atomic E-state index is 0.0839. The first kappa shape index (κ1) is 13.2. The molecule has 1 amide bonds. The topological polar surface area (TPSA) is 33.5 Å². The number of amides is 1. The molecule has 0 atom stereocenters. The molecule has 0 aliphatic rings. The third kappa shape index (κ3) is 3.15. The van der Waals surface area contributed by atoms with Crippen LogP contribution in [-0.2, 0) is 6.54 Å². The Kier molecular flexibility index (Phi) is 4.09. The van der Waals surface area contributed by atoms with Crippen LogP contribution in [0.2, 0.25) is 5.02 Å². The molecule has 0 saturated heterocycles. The molecule has 5 heteroatoms. The van der Waals surface area contributed by atoms with Gasteiger partial charge in [-0.3, -0.25) is 4.79 Å². The van der Waals surface area contributed by atoms with Gasteiger partial charge in [0.05, 0.1) is 12.5 Å². The van der Waals surface area contributed by atoms with Gasteiger partial charge in [0, 0.05) is 34.2 Å².